The van der Waals surface area contributed by atoms with E-state index in [1.165, 1.54) is 25.7 Å². The van der Waals surface area contributed by atoms with Crippen molar-refractivity contribution in [1.82, 2.24) is 24.7 Å². The first-order valence-corrected chi connectivity index (χ1v) is 14.2. The van der Waals surface area contributed by atoms with Gasteiger partial charge in [-0.05, 0) is 62.9 Å². The molecule has 4 heterocycles. The molecule has 3 aromatic rings. The van der Waals surface area contributed by atoms with Gasteiger partial charge in [0.05, 0.1) is 36.2 Å². The molecule has 0 atom stereocenters. The van der Waals surface area contributed by atoms with Crippen LogP contribution in [0.5, 0.6) is 0 Å². The van der Waals surface area contributed by atoms with Gasteiger partial charge in [0.1, 0.15) is 5.82 Å². The van der Waals surface area contributed by atoms with Gasteiger partial charge in [0, 0.05) is 51.2 Å². The average Bonchev–Trinajstić information content (AvgIpc) is 3.31. The highest BCUT2D eigenvalue weighted by Crippen LogP contribution is 2.43. The Labute approximate surface area is 228 Å². The molecular weight excluding hydrogens is 499 g/mol. The molecule has 0 unspecified atom stereocenters. The van der Waals surface area contributed by atoms with Gasteiger partial charge in [-0.2, -0.15) is 10.2 Å². The van der Waals surface area contributed by atoms with Gasteiger partial charge >= 0.3 is 5.97 Å². The predicted molar refractivity (Wildman–Crippen MR) is 147 cm³/mol. The Kier molecular flexibility index (Phi) is 7.51. The van der Waals surface area contributed by atoms with Gasteiger partial charge in [-0.15, -0.1) is 0 Å². The Morgan fingerprint density at radius 1 is 1.03 bits per heavy atom. The predicted octanol–water partition coefficient (Wildman–Crippen LogP) is 4.15. The molecule has 3 aliphatic rings. The Balaban J connectivity index is 1.34. The summed E-state index contributed by atoms with van der Waals surface area (Å²) >= 11 is 0. The molecule has 6 rings (SSSR count). The zero-order valence-electron chi connectivity index (χ0n) is 22.8. The average molecular weight is 537 g/mol. The zero-order chi connectivity index (χ0) is 26.9. The minimum atomic E-state index is -0.475. The number of piperidine rings is 1. The van der Waals surface area contributed by atoms with Crippen LogP contribution in [0.1, 0.15) is 61.1 Å². The van der Waals surface area contributed by atoms with Crippen LogP contribution >= 0.6 is 0 Å². The lowest BCUT2D eigenvalue weighted by Gasteiger charge is -2.43. The molecule has 0 spiro atoms. The van der Waals surface area contributed by atoms with Crippen LogP contribution < -0.4 is 4.90 Å². The number of piperazine rings is 1. The molecule has 0 N–H and O–H groups in total. The van der Waals surface area contributed by atoms with Gasteiger partial charge in [-0.3, -0.25) is 9.74 Å². The zero-order valence-corrected chi connectivity index (χ0v) is 22.8. The second-order valence-corrected chi connectivity index (χ2v) is 10.7. The van der Waals surface area contributed by atoms with Gasteiger partial charge in [0.2, 0.25) is 0 Å². The fourth-order valence-electron chi connectivity index (χ4n) is 6.16. The molecule has 0 amide bonds. The first kappa shape index (κ1) is 26.2. The molecule has 1 aliphatic carbocycles. The van der Waals surface area contributed by atoms with E-state index in [9.17, 15) is 9.18 Å². The summed E-state index contributed by atoms with van der Waals surface area (Å²) in [4.78, 5) is 28.1. The number of rotatable bonds is 7. The maximum absolute atomic E-state index is 13.7. The van der Waals surface area contributed by atoms with Crippen LogP contribution in [-0.4, -0.2) is 89.7 Å². The number of carbonyl (C=O) groups excluding carboxylic acids is 1. The second-order valence-electron chi connectivity index (χ2n) is 10.7. The van der Waals surface area contributed by atoms with E-state index in [0.717, 1.165) is 87.4 Å². The van der Waals surface area contributed by atoms with Crippen LogP contribution in [0.3, 0.4) is 0 Å². The van der Waals surface area contributed by atoms with E-state index in [-0.39, 0.29) is 11.5 Å². The summed E-state index contributed by atoms with van der Waals surface area (Å²) < 4.78 is 20.6. The highest BCUT2D eigenvalue weighted by molar-refractivity contribution is 5.99. The van der Waals surface area contributed by atoms with Crippen molar-refractivity contribution in [3.8, 4) is 5.69 Å². The summed E-state index contributed by atoms with van der Waals surface area (Å²) in [5.41, 5.74) is 3.62. The summed E-state index contributed by atoms with van der Waals surface area (Å²) in [6, 6.07) is 8.68. The number of halogens is 1. The van der Waals surface area contributed by atoms with Crippen LogP contribution in [0.2, 0.25) is 0 Å². The summed E-state index contributed by atoms with van der Waals surface area (Å²) in [6.07, 6.45) is 5.46. The largest absolute Gasteiger partial charge is 0.464 e. The maximum atomic E-state index is 13.7. The number of hydrogen-bond donors (Lipinski definition) is 0. The number of pyridine rings is 1. The molecule has 10 heteroatoms. The monoisotopic (exact) mass is 536 g/mol. The van der Waals surface area contributed by atoms with E-state index in [4.69, 9.17) is 19.7 Å². The number of ether oxygens (including phenoxy) is 1. The smallest absolute Gasteiger partial charge is 0.356 e. The van der Waals surface area contributed by atoms with E-state index >= 15 is 0 Å². The highest BCUT2D eigenvalue weighted by atomic mass is 19.1. The number of fused-ring (bicyclic) bond motifs is 1. The molecular formula is C29H37FN6O3. The third-order valence-electron chi connectivity index (χ3n) is 8.51. The molecule has 1 aromatic carbocycles. The summed E-state index contributed by atoms with van der Waals surface area (Å²) in [5.74, 6) is -0.421. The van der Waals surface area contributed by atoms with Crippen molar-refractivity contribution in [3.05, 3.63) is 47.5 Å². The quantitative estimate of drug-likeness (QED) is 0.417. The minimum absolute atomic E-state index is 0.262. The van der Waals surface area contributed by atoms with E-state index in [1.54, 1.807) is 16.8 Å². The molecule has 2 aromatic heterocycles. The molecule has 0 radical (unpaired) electrons. The van der Waals surface area contributed by atoms with Crippen LogP contribution in [0.4, 0.5) is 10.1 Å². The number of hydrogen-bond acceptors (Lipinski definition) is 8. The Morgan fingerprint density at radius 2 is 1.74 bits per heavy atom. The van der Waals surface area contributed by atoms with Crippen LogP contribution in [0, 0.1) is 5.82 Å². The lowest BCUT2D eigenvalue weighted by molar-refractivity contribution is -0.175. The van der Waals surface area contributed by atoms with Crippen molar-refractivity contribution in [2.24, 2.45) is 0 Å². The SMILES string of the molecule is CCON1CCN(C2CCN(c3cc(C(=O)OC)nc4c3c(C3CCC3)nn4-c3ccc(F)cc3)CC2)CC1. The van der Waals surface area contributed by atoms with Crippen molar-refractivity contribution in [2.45, 2.75) is 51.0 Å². The third-order valence-corrected chi connectivity index (χ3v) is 8.51. The lowest BCUT2D eigenvalue weighted by atomic mass is 9.82. The van der Waals surface area contributed by atoms with Crippen molar-refractivity contribution in [1.29, 1.82) is 0 Å². The number of benzene rings is 1. The van der Waals surface area contributed by atoms with Crippen LogP contribution in [-0.2, 0) is 9.57 Å². The number of esters is 1. The molecule has 1 saturated carbocycles. The fraction of sp³-hybridized carbons (Fsp3) is 0.552. The first-order chi connectivity index (χ1) is 19.1. The van der Waals surface area contributed by atoms with E-state index in [0.29, 0.717) is 24.2 Å². The van der Waals surface area contributed by atoms with Crippen molar-refractivity contribution in [3.63, 3.8) is 0 Å². The van der Waals surface area contributed by atoms with Gasteiger partial charge in [0.15, 0.2) is 11.3 Å². The standard InChI is InChI=1S/C29H37FN6O3/c1-3-39-35-17-15-33(16-18-35)22-11-13-34(14-12-22)25-19-24(29(37)38-2)31-28-26(25)27(20-5-4-6-20)32-36(28)23-9-7-21(30)8-10-23/h7-10,19-20,22H,3-6,11-18H2,1-2H3. The Hall–Kier alpha value is -3.08. The topological polar surface area (TPSA) is 76.0 Å². The van der Waals surface area contributed by atoms with E-state index in [2.05, 4.69) is 14.9 Å². The Morgan fingerprint density at radius 3 is 2.36 bits per heavy atom. The molecule has 0 bridgehead atoms. The molecule has 3 fully saturated rings. The summed E-state index contributed by atoms with van der Waals surface area (Å²) in [6.45, 7) is 8.45. The normalized spacial score (nSPS) is 19.9. The fourth-order valence-corrected chi connectivity index (χ4v) is 6.16. The number of nitrogens with zero attached hydrogens (tertiary/aromatic N) is 6. The van der Waals surface area contributed by atoms with Gasteiger partial charge in [0.25, 0.3) is 0 Å². The molecule has 2 aliphatic heterocycles. The lowest BCUT2D eigenvalue weighted by Crippen LogP contribution is -2.53. The third kappa shape index (κ3) is 5.13. The number of hydroxylamine groups is 2. The second kappa shape index (κ2) is 11.2. The van der Waals surface area contributed by atoms with Crippen LogP contribution in [0.25, 0.3) is 16.7 Å². The van der Waals surface area contributed by atoms with Crippen LogP contribution in [0.15, 0.2) is 30.3 Å². The first-order valence-electron chi connectivity index (χ1n) is 14.2. The van der Waals surface area contributed by atoms with E-state index < -0.39 is 5.97 Å². The molecule has 39 heavy (non-hydrogen) atoms. The number of methoxy groups -OCH3 is 1. The number of aromatic nitrogens is 3. The number of anilines is 1. The van der Waals surface area contributed by atoms with Gasteiger partial charge < -0.3 is 9.64 Å². The minimum Gasteiger partial charge on any atom is -0.464 e. The van der Waals surface area contributed by atoms with Crippen molar-refractivity contribution < 1.29 is 18.8 Å². The summed E-state index contributed by atoms with van der Waals surface area (Å²) in [7, 11) is 1.38. The summed E-state index contributed by atoms with van der Waals surface area (Å²) in [5, 5.41) is 8.11. The highest BCUT2D eigenvalue weighted by Gasteiger charge is 2.33. The van der Waals surface area contributed by atoms with Crippen molar-refractivity contribution in [2.75, 3.05) is 57.9 Å². The molecule has 9 nitrogen and oxygen atoms in total. The maximum Gasteiger partial charge on any atom is 0.356 e. The van der Waals surface area contributed by atoms with E-state index in [1.807, 2.05) is 13.0 Å². The van der Waals surface area contributed by atoms with Gasteiger partial charge in [-0.25, -0.2) is 18.9 Å². The van der Waals surface area contributed by atoms with Gasteiger partial charge in [-0.1, -0.05) is 6.42 Å². The number of carbonyl (C=O) groups is 1. The van der Waals surface area contributed by atoms with Crippen molar-refractivity contribution >= 4 is 22.7 Å². The molecule has 208 valence electrons. The molecule has 2 saturated heterocycles. The Bertz CT molecular complexity index is 1310.